The molecule has 5 rings (SSSR count). The molecule has 0 saturated carbocycles. The van der Waals surface area contributed by atoms with E-state index >= 15 is 4.39 Å². The van der Waals surface area contributed by atoms with Crippen molar-refractivity contribution in [1.29, 1.82) is 0 Å². The van der Waals surface area contributed by atoms with Gasteiger partial charge >= 0.3 is 0 Å². The van der Waals surface area contributed by atoms with Crippen LogP contribution in [0.4, 0.5) is 10.1 Å². The number of benzene rings is 3. The highest BCUT2D eigenvalue weighted by Gasteiger charge is 2.24. The predicted octanol–water partition coefficient (Wildman–Crippen LogP) is 4.87. The van der Waals surface area contributed by atoms with Gasteiger partial charge in [-0.2, -0.15) is 0 Å². The number of nitrogens with one attached hydrogen (secondary N) is 1. The van der Waals surface area contributed by atoms with Crippen LogP contribution in [0, 0.1) is 12.7 Å². The molecule has 3 aromatic carbocycles. The zero-order valence-corrected chi connectivity index (χ0v) is 22.4. The minimum Gasteiger partial charge on any atom is -0.497 e. The number of anilines is 1. The fraction of sp³-hybridized carbons (Fsp3) is 0.194. The van der Waals surface area contributed by atoms with E-state index in [9.17, 15) is 14.7 Å². The van der Waals surface area contributed by atoms with Crippen LogP contribution in [-0.4, -0.2) is 38.6 Å². The number of amides is 1. The quantitative estimate of drug-likeness (QED) is 0.293. The Hall–Kier alpha value is -4.76. The molecule has 5 aromatic rings. The average molecular weight is 541 g/mol. The van der Waals surface area contributed by atoms with Gasteiger partial charge in [0.25, 0.3) is 11.5 Å². The molecule has 0 fully saturated rings. The minimum absolute atomic E-state index is 0.0762. The van der Waals surface area contributed by atoms with Crippen LogP contribution in [0.15, 0.2) is 83.8 Å². The van der Waals surface area contributed by atoms with E-state index in [1.54, 1.807) is 68.2 Å². The van der Waals surface area contributed by atoms with Crippen LogP contribution in [-0.2, 0) is 13.0 Å². The topological polar surface area (TPSA) is 98.4 Å². The standard InChI is InChI=1S/C31H29FN4O4/c1-19(37)18-35-20(2)29(31(39)36(35)24-7-5-4-6-8-24)30(38)34-23-10-9-22(27(32)16-23)15-21-13-14-33-28-17-25(40-3)11-12-26(21)28/h4-14,16-17,19,37H,15,18H2,1-3H3,(H,34,38). The van der Waals surface area contributed by atoms with Crippen LogP contribution in [0.25, 0.3) is 16.6 Å². The molecule has 0 aliphatic carbocycles. The van der Waals surface area contributed by atoms with Gasteiger partial charge in [0, 0.05) is 29.8 Å². The van der Waals surface area contributed by atoms with Crippen molar-refractivity contribution in [2.45, 2.75) is 32.9 Å². The number of aliphatic hydroxyl groups is 1. The second kappa shape index (κ2) is 11.2. The number of hydrogen-bond donors (Lipinski definition) is 2. The van der Waals surface area contributed by atoms with Crippen molar-refractivity contribution in [3.05, 3.63) is 118 Å². The van der Waals surface area contributed by atoms with E-state index in [1.165, 1.54) is 10.7 Å². The second-order valence-electron chi connectivity index (χ2n) is 9.63. The fourth-order valence-electron chi connectivity index (χ4n) is 4.84. The number of aromatic nitrogens is 3. The zero-order chi connectivity index (χ0) is 28.4. The van der Waals surface area contributed by atoms with E-state index in [0.717, 1.165) is 16.5 Å². The van der Waals surface area contributed by atoms with Gasteiger partial charge in [-0.25, -0.2) is 9.07 Å². The number of rotatable bonds is 8. The zero-order valence-electron chi connectivity index (χ0n) is 22.4. The first kappa shape index (κ1) is 26.8. The summed E-state index contributed by atoms with van der Waals surface area (Å²) in [4.78, 5) is 31.1. The van der Waals surface area contributed by atoms with Gasteiger partial charge in [0.15, 0.2) is 0 Å². The molecule has 2 N–H and O–H groups in total. The summed E-state index contributed by atoms with van der Waals surface area (Å²) >= 11 is 0. The van der Waals surface area contributed by atoms with Crippen molar-refractivity contribution in [2.24, 2.45) is 0 Å². The van der Waals surface area contributed by atoms with Crippen LogP contribution >= 0.6 is 0 Å². The molecule has 0 bridgehead atoms. The first-order valence-corrected chi connectivity index (χ1v) is 12.8. The van der Waals surface area contributed by atoms with Gasteiger partial charge in [-0.15, -0.1) is 0 Å². The summed E-state index contributed by atoms with van der Waals surface area (Å²) < 4.78 is 23.4. The lowest BCUT2D eigenvalue weighted by Crippen LogP contribution is -2.27. The Morgan fingerprint density at radius 1 is 1.07 bits per heavy atom. The third kappa shape index (κ3) is 5.23. The Kier molecular flexibility index (Phi) is 7.48. The molecule has 0 saturated heterocycles. The molecule has 9 heteroatoms. The van der Waals surface area contributed by atoms with E-state index in [2.05, 4.69) is 10.3 Å². The lowest BCUT2D eigenvalue weighted by molar-refractivity contribution is 0.102. The molecular weight excluding hydrogens is 511 g/mol. The summed E-state index contributed by atoms with van der Waals surface area (Å²) in [6.07, 6.45) is 1.25. The van der Waals surface area contributed by atoms with Crippen molar-refractivity contribution in [2.75, 3.05) is 12.4 Å². The number of pyridine rings is 1. The fourth-order valence-corrected chi connectivity index (χ4v) is 4.84. The second-order valence-corrected chi connectivity index (χ2v) is 9.63. The summed E-state index contributed by atoms with van der Waals surface area (Å²) in [7, 11) is 1.59. The molecule has 1 amide bonds. The summed E-state index contributed by atoms with van der Waals surface area (Å²) in [5, 5.41) is 13.6. The lowest BCUT2D eigenvalue weighted by atomic mass is 10.0. The van der Waals surface area contributed by atoms with Gasteiger partial charge in [-0.05, 0) is 67.4 Å². The van der Waals surface area contributed by atoms with Crippen molar-refractivity contribution >= 4 is 22.5 Å². The number of para-hydroxylation sites is 1. The van der Waals surface area contributed by atoms with E-state index in [0.29, 0.717) is 29.1 Å². The Morgan fingerprint density at radius 2 is 1.85 bits per heavy atom. The molecule has 0 radical (unpaired) electrons. The number of methoxy groups -OCH3 is 1. The molecule has 2 aromatic heterocycles. The molecule has 2 heterocycles. The van der Waals surface area contributed by atoms with E-state index < -0.39 is 23.4 Å². The number of hydrogen-bond acceptors (Lipinski definition) is 5. The van der Waals surface area contributed by atoms with Gasteiger partial charge in [0.1, 0.15) is 17.1 Å². The van der Waals surface area contributed by atoms with Gasteiger partial charge in [0.05, 0.1) is 36.7 Å². The molecule has 0 aliphatic rings. The smallest absolute Gasteiger partial charge is 0.284 e. The van der Waals surface area contributed by atoms with Crippen LogP contribution in [0.2, 0.25) is 0 Å². The highest BCUT2D eigenvalue weighted by Crippen LogP contribution is 2.26. The van der Waals surface area contributed by atoms with Crippen LogP contribution in [0.3, 0.4) is 0 Å². The van der Waals surface area contributed by atoms with E-state index in [-0.39, 0.29) is 17.8 Å². The van der Waals surface area contributed by atoms with Crippen molar-refractivity contribution < 1.29 is 19.0 Å². The third-order valence-corrected chi connectivity index (χ3v) is 6.79. The summed E-state index contributed by atoms with van der Waals surface area (Å²) in [6.45, 7) is 3.37. The number of nitrogens with zero attached hydrogens (tertiary/aromatic N) is 3. The van der Waals surface area contributed by atoms with E-state index in [4.69, 9.17) is 4.74 Å². The molecule has 40 heavy (non-hydrogen) atoms. The highest BCUT2D eigenvalue weighted by atomic mass is 19.1. The maximum atomic E-state index is 15.2. The summed E-state index contributed by atoms with van der Waals surface area (Å²) in [5.41, 5.74) is 2.68. The summed E-state index contributed by atoms with van der Waals surface area (Å²) in [6, 6.07) is 20.8. The number of carbonyl (C=O) groups is 1. The van der Waals surface area contributed by atoms with Gasteiger partial charge < -0.3 is 15.2 Å². The number of carbonyl (C=O) groups excluding carboxylic acids is 1. The van der Waals surface area contributed by atoms with Crippen LogP contribution < -0.4 is 15.6 Å². The number of fused-ring (bicyclic) bond motifs is 1. The Morgan fingerprint density at radius 3 is 2.55 bits per heavy atom. The number of aliphatic hydroxyl groups excluding tert-OH is 1. The highest BCUT2D eigenvalue weighted by molar-refractivity contribution is 6.05. The number of ether oxygens (including phenoxy) is 1. The Bertz CT molecular complexity index is 1760. The maximum absolute atomic E-state index is 15.2. The van der Waals surface area contributed by atoms with Crippen molar-refractivity contribution in [3.63, 3.8) is 0 Å². The molecule has 0 aliphatic heterocycles. The van der Waals surface area contributed by atoms with Crippen molar-refractivity contribution in [3.8, 4) is 11.4 Å². The first-order valence-electron chi connectivity index (χ1n) is 12.8. The monoisotopic (exact) mass is 540 g/mol. The van der Waals surface area contributed by atoms with E-state index in [1.807, 2.05) is 30.3 Å². The Balaban J connectivity index is 1.42. The predicted molar refractivity (Wildman–Crippen MR) is 152 cm³/mol. The van der Waals surface area contributed by atoms with Crippen LogP contribution in [0.1, 0.15) is 34.1 Å². The normalized spacial score (nSPS) is 11.9. The third-order valence-electron chi connectivity index (χ3n) is 6.79. The largest absolute Gasteiger partial charge is 0.497 e. The molecule has 8 nitrogen and oxygen atoms in total. The van der Waals surface area contributed by atoms with Crippen LogP contribution in [0.5, 0.6) is 5.75 Å². The Labute approximate surface area is 230 Å². The molecule has 1 atom stereocenters. The van der Waals surface area contributed by atoms with Crippen molar-refractivity contribution in [1.82, 2.24) is 14.3 Å². The maximum Gasteiger partial charge on any atom is 0.284 e. The number of halogens is 1. The summed E-state index contributed by atoms with van der Waals surface area (Å²) in [5.74, 6) is -0.450. The minimum atomic E-state index is -0.752. The lowest BCUT2D eigenvalue weighted by Gasteiger charge is -2.15. The SMILES string of the molecule is COc1ccc2c(Cc3ccc(NC(=O)c4c(C)n(CC(C)O)n(-c5ccccc5)c4=O)cc3F)ccnc2c1. The molecular formula is C31H29FN4O4. The average Bonchev–Trinajstić information content (AvgIpc) is 3.18. The molecule has 204 valence electrons. The van der Waals surface area contributed by atoms with Gasteiger partial charge in [-0.3, -0.25) is 19.3 Å². The molecule has 0 spiro atoms. The molecule has 1 unspecified atom stereocenters. The van der Waals surface area contributed by atoms with Gasteiger partial charge in [0.2, 0.25) is 0 Å². The van der Waals surface area contributed by atoms with Gasteiger partial charge in [-0.1, -0.05) is 24.3 Å². The first-order chi connectivity index (χ1) is 19.3.